The minimum absolute atomic E-state index is 0.345. The van der Waals surface area contributed by atoms with Gasteiger partial charge in [0.15, 0.2) is 0 Å². The zero-order chi connectivity index (χ0) is 10.5. The molecule has 2 nitrogen and oxygen atoms in total. The first-order chi connectivity index (χ1) is 7.36. The zero-order valence-electron chi connectivity index (χ0n) is 8.98. The number of allylic oxidation sites excluding steroid dienone is 1. The van der Waals surface area contributed by atoms with Gasteiger partial charge in [0, 0.05) is 17.5 Å². The van der Waals surface area contributed by atoms with E-state index in [1.54, 1.807) is 11.3 Å². The van der Waals surface area contributed by atoms with Crippen LogP contribution in [0.25, 0.3) is 0 Å². The van der Waals surface area contributed by atoms with Crippen molar-refractivity contribution in [3.05, 3.63) is 34.7 Å². The topological polar surface area (TPSA) is 21.3 Å². The minimum Gasteiger partial charge on any atom is -0.497 e. The van der Waals surface area contributed by atoms with E-state index in [4.69, 9.17) is 4.74 Å². The summed E-state index contributed by atoms with van der Waals surface area (Å²) in [5, 5.41) is 5.62. The molecule has 1 aromatic rings. The highest BCUT2D eigenvalue weighted by molar-refractivity contribution is 7.10. The molecule has 0 bridgehead atoms. The lowest BCUT2D eigenvalue weighted by molar-refractivity contribution is 0.120. The molecule has 0 fully saturated rings. The molecule has 0 spiro atoms. The van der Waals surface area contributed by atoms with Gasteiger partial charge >= 0.3 is 0 Å². The lowest BCUT2D eigenvalue weighted by Gasteiger charge is -2.21. The monoisotopic (exact) mass is 223 g/mol. The summed E-state index contributed by atoms with van der Waals surface area (Å²) < 4.78 is 5.51. The first-order valence-electron chi connectivity index (χ1n) is 5.43. The quantitative estimate of drug-likeness (QED) is 0.847. The van der Waals surface area contributed by atoms with Crippen molar-refractivity contribution in [2.24, 2.45) is 0 Å². The molecule has 0 aromatic carbocycles. The Morgan fingerprint density at radius 1 is 1.67 bits per heavy atom. The van der Waals surface area contributed by atoms with E-state index in [1.165, 1.54) is 4.88 Å². The molecule has 2 heterocycles. The molecule has 2 atom stereocenters. The van der Waals surface area contributed by atoms with Crippen LogP contribution in [-0.2, 0) is 4.74 Å². The fourth-order valence-corrected chi connectivity index (χ4v) is 2.44. The van der Waals surface area contributed by atoms with Crippen LogP contribution in [0, 0.1) is 0 Å². The fraction of sp³-hybridized carbons (Fsp3) is 0.500. The van der Waals surface area contributed by atoms with E-state index in [-0.39, 0.29) is 0 Å². The second-order valence-corrected chi connectivity index (χ2v) is 4.83. The maximum Gasteiger partial charge on any atom is 0.110 e. The second-order valence-electron chi connectivity index (χ2n) is 3.85. The van der Waals surface area contributed by atoms with Gasteiger partial charge in [-0.25, -0.2) is 0 Å². The number of ether oxygens (including phenoxy) is 1. The third kappa shape index (κ3) is 3.08. The van der Waals surface area contributed by atoms with Gasteiger partial charge < -0.3 is 10.1 Å². The summed E-state index contributed by atoms with van der Waals surface area (Å²) >= 11 is 1.80. The van der Waals surface area contributed by atoms with Crippen LogP contribution in [0.4, 0.5) is 0 Å². The summed E-state index contributed by atoms with van der Waals surface area (Å²) in [5.74, 6) is 0. The molecule has 15 heavy (non-hydrogen) atoms. The number of hydrogen-bond donors (Lipinski definition) is 1. The molecule has 2 rings (SSSR count). The Labute approximate surface area is 95.0 Å². The van der Waals surface area contributed by atoms with Gasteiger partial charge in [-0.2, -0.15) is 0 Å². The van der Waals surface area contributed by atoms with Crippen molar-refractivity contribution in [1.29, 1.82) is 0 Å². The normalized spacial score (nSPS) is 22.3. The van der Waals surface area contributed by atoms with Crippen LogP contribution in [0.2, 0.25) is 0 Å². The molecule has 2 unspecified atom stereocenters. The summed E-state index contributed by atoms with van der Waals surface area (Å²) in [4.78, 5) is 1.39. The Morgan fingerprint density at radius 3 is 3.27 bits per heavy atom. The number of thiophene rings is 1. The van der Waals surface area contributed by atoms with Gasteiger partial charge in [0.1, 0.15) is 6.10 Å². The zero-order valence-corrected chi connectivity index (χ0v) is 9.80. The summed E-state index contributed by atoms with van der Waals surface area (Å²) in [6, 6.07) is 4.70. The molecule has 0 aliphatic carbocycles. The van der Waals surface area contributed by atoms with Crippen molar-refractivity contribution in [3.8, 4) is 0 Å². The molecule has 0 saturated heterocycles. The van der Waals surface area contributed by atoms with Crippen molar-refractivity contribution in [2.75, 3.05) is 6.54 Å². The van der Waals surface area contributed by atoms with Gasteiger partial charge in [-0.1, -0.05) is 6.07 Å². The molecule has 3 heteroatoms. The molecule has 1 aliphatic heterocycles. The Balaban J connectivity index is 1.75. The van der Waals surface area contributed by atoms with Gasteiger partial charge in [0.2, 0.25) is 0 Å². The highest BCUT2D eigenvalue weighted by Crippen LogP contribution is 2.18. The van der Waals surface area contributed by atoms with Crippen molar-refractivity contribution in [3.63, 3.8) is 0 Å². The van der Waals surface area contributed by atoms with Crippen LogP contribution in [0.1, 0.15) is 30.7 Å². The van der Waals surface area contributed by atoms with Crippen molar-refractivity contribution < 1.29 is 4.74 Å². The van der Waals surface area contributed by atoms with E-state index < -0.39 is 0 Å². The van der Waals surface area contributed by atoms with Crippen LogP contribution in [-0.4, -0.2) is 12.6 Å². The van der Waals surface area contributed by atoms with Crippen LogP contribution in [0.15, 0.2) is 29.9 Å². The fourth-order valence-electron chi connectivity index (χ4n) is 1.68. The van der Waals surface area contributed by atoms with Gasteiger partial charge in [0.05, 0.1) is 6.26 Å². The van der Waals surface area contributed by atoms with Gasteiger partial charge in [-0.15, -0.1) is 11.3 Å². The Bertz CT molecular complexity index is 307. The Kier molecular flexibility index (Phi) is 3.80. The largest absolute Gasteiger partial charge is 0.497 e. The van der Waals surface area contributed by atoms with Crippen LogP contribution >= 0.6 is 11.3 Å². The highest BCUT2D eigenvalue weighted by atomic mass is 32.1. The summed E-state index contributed by atoms with van der Waals surface area (Å²) in [6.45, 7) is 3.13. The smallest absolute Gasteiger partial charge is 0.110 e. The van der Waals surface area contributed by atoms with Crippen molar-refractivity contribution in [2.45, 2.75) is 31.9 Å². The summed E-state index contributed by atoms with van der Waals surface area (Å²) in [5.41, 5.74) is 0. The van der Waals surface area contributed by atoms with E-state index in [0.717, 1.165) is 19.4 Å². The lowest BCUT2D eigenvalue weighted by atomic mass is 10.1. The SMILES string of the molecule is CC(NCC1CCC=CO1)c1cccs1. The van der Waals surface area contributed by atoms with Crippen molar-refractivity contribution in [1.82, 2.24) is 5.32 Å². The van der Waals surface area contributed by atoms with Crippen LogP contribution in [0.3, 0.4) is 0 Å². The van der Waals surface area contributed by atoms with Crippen LogP contribution in [0.5, 0.6) is 0 Å². The molecule has 1 N–H and O–H groups in total. The maximum atomic E-state index is 5.51. The molecule has 0 saturated carbocycles. The number of rotatable bonds is 4. The van der Waals surface area contributed by atoms with Gasteiger partial charge in [-0.3, -0.25) is 0 Å². The third-order valence-corrected chi connectivity index (χ3v) is 3.70. The van der Waals surface area contributed by atoms with Gasteiger partial charge in [0.25, 0.3) is 0 Å². The minimum atomic E-state index is 0.345. The highest BCUT2D eigenvalue weighted by Gasteiger charge is 2.13. The maximum absolute atomic E-state index is 5.51. The second kappa shape index (κ2) is 5.33. The summed E-state index contributed by atoms with van der Waals surface area (Å²) in [6.07, 6.45) is 6.52. The van der Waals surface area contributed by atoms with E-state index in [1.807, 2.05) is 6.26 Å². The Morgan fingerprint density at radius 2 is 2.60 bits per heavy atom. The standard InChI is InChI=1S/C12H17NOS/c1-10(12-6-4-8-15-12)13-9-11-5-2-3-7-14-11/h3-4,6-8,10-11,13H,2,5,9H2,1H3. The molecule has 0 amide bonds. The van der Waals surface area contributed by atoms with E-state index in [0.29, 0.717) is 12.1 Å². The predicted octanol–water partition coefficient (Wildman–Crippen LogP) is 3.09. The molecule has 1 aliphatic rings. The van der Waals surface area contributed by atoms with Crippen molar-refractivity contribution >= 4 is 11.3 Å². The van der Waals surface area contributed by atoms with Gasteiger partial charge in [-0.05, 0) is 37.3 Å². The third-order valence-electron chi connectivity index (χ3n) is 2.64. The number of hydrogen-bond acceptors (Lipinski definition) is 3. The molecular formula is C12H17NOS. The molecule has 82 valence electrons. The van der Waals surface area contributed by atoms with E-state index in [9.17, 15) is 0 Å². The molecule has 1 aromatic heterocycles. The van der Waals surface area contributed by atoms with Crippen LogP contribution < -0.4 is 5.32 Å². The predicted molar refractivity (Wildman–Crippen MR) is 64.0 cm³/mol. The Hall–Kier alpha value is -0.800. The summed E-state index contributed by atoms with van der Waals surface area (Å²) in [7, 11) is 0. The average molecular weight is 223 g/mol. The van der Waals surface area contributed by atoms with E-state index >= 15 is 0 Å². The number of nitrogens with one attached hydrogen (secondary N) is 1. The lowest BCUT2D eigenvalue weighted by Crippen LogP contribution is -2.30. The first kappa shape index (κ1) is 10.7. The molecule has 0 radical (unpaired) electrons. The molecular weight excluding hydrogens is 206 g/mol. The van der Waals surface area contributed by atoms with E-state index in [2.05, 4.69) is 35.8 Å². The average Bonchev–Trinajstić information content (AvgIpc) is 2.81. The first-order valence-corrected chi connectivity index (χ1v) is 6.31.